The minimum atomic E-state index is -2.60. The van der Waals surface area contributed by atoms with Crippen molar-refractivity contribution in [2.45, 2.75) is 226 Å². The van der Waals surface area contributed by atoms with Crippen LogP contribution in [0.25, 0.3) is 11.1 Å². The van der Waals surface area contributed by atoms with Gasteiger partial charge >= 0.3 is 5.97 Å². The molecule has 0 unspecified atom stereocenters. The summed E-state index contributed by atoms with van der Waals surface area (Å²) in [5.74, 6) is -20.4. The topological polar surface area (TPSA) is 671 Å². The number of fused-ring (bicyclic) bond motifs is 14. The average molecular weight is 1950 g/mol. The van der Waals surface area contributed by atoms with Crippen molar-refractivity contribution in [2.24, 2.45) is 11.7 Å². The fourth-order valence-corrected chi connectivity index (χ4v) is 17.4. The Morgan fingerprint density at radius 3 is 1.77 bits per heavy atom. The molecule has 0 saturated carbocycles. The van der Waals surface area contributed by atoms with Crippen molar-refractivity contribution in [1.29, 1.82) is 0 Å². The number of phenolic OH excluding ortho intramolecular Hbond substituents is 4. The fourth-order valence-electron chi connectivity index (χ4n) is 17.0. The van der Waals surface area contributed by atoms with Gasteiger partial charge < -0.3 is 168 Å². The summed E-state index contributed by atoms with van der Waals surface area (Å²) in [5, 5.41) is 183. The summed E-state index contributed by atoms with van der Waals surface area (Å²) in [4.78, 5) is 154. The summed E-state index contributed by atoms with van der Waals surface area (Å²) in [6, 6.07) is 0.400. The number of aliphatic hydroxyl groups is 9. The third kappa shape index (κ3) is 22.4. The Kier molecular flexibility index (Phi) is 31.5. The van der Waals surface area contributed by atoms with Gasteiger partial charge in [0.25, 0.3) is 5.91 Å². The number of nitrogens with one attached hydrogen (secondary N) is 9. The van der Waals surface area contributed by atoms with Crippen LogP contribution >= 0.6 is 23.2 Å². The SMILES string of the molecule is CCCCNC(=O)[C@H]1O[C@@H](Oc2c3cc4cc2Oc2ccc(cc2Cl)[C@@H](O[C@@H]2O[C@H](CO)[C@@H](O)[C@H](O)[C@H]2NC(C)=O)[C@@H]2NC(=O)[C@H](NC(=O)[C@@H]4NC(=O)[C@H]4NC(=O)[C@@H](Cc5ccc(c(Cl)c5)O3)NC(=O)[C@H](N)c3ccc(O)c(c3)Oc3cc(O)cc4c3)c3ccc(O)c(c3)-c3c(O[C@H]4O[C@H](CO)[C@@H](O)[C@H](O)[C@@H]4O)cc(O)cc3[C@@H](C(=O)O)NC2=O)[C@H](NC(=O)CCCCCCC(C)C)[C@@H](O)[C@@H]1O. The number of carboxylic acid groups (broad SMARTS) is 1. The first-order valence-corrected chi connectivity index (χ1v) is 44.8. The van der Waals surface area contributed by atoms with Crippen molar-refractivity contribution < 1.29 is 162 Å². The van der Waals surface area contributed by atoms with Gasteiger partial charge in [-0.15, -0.1) is 0 Å². The van der Waals surface area contributed by atoms with Gasteiger partial charge in [0.15, 0.2) is 41.4 Å². The zero-order valence-electron chi connectivity index (χ0n) is 73.7. The highest BCUT2D eigenvalue weighted by Gasteiger charge is 2.53. The number of hydrogen-bond donors (Lipinski definition) is 24. The largest absolute Gasteiger partial charge is 0.508 e. The number of amides is 9. The van der Waals surface area contributed by atoms with Gasteiger partial charge in [-0.3, -0.25) is 43.2 Å². The normalized spacial score (nSPS) is 28.2. The molecule has 9 amide bonds. The first-order valence-electron chi connectivity index (χ1n) is 44.0. The van der Waals surface area contributed by atoms with E-state index in [-0.39, 0.29) is 46.4 Å². The molecule has 3 fully saturated rings. The van der Waals surface area contributed by atoms with Gasteiger partial charge in [-0.25, -0.2) is 4.79 Å². The lowest BCUT2D eigenvalue weighted by molar-refractivity contribution is -0.284. The number of carboxylic acids is 1. The van der Waals surface area contributed by atoms with Crippen molar-refractivity contribution in [3.63, 3.8) is 0 Å². The number of halogens is 2. The van der Waals surface area contributed by atoms with Crippen LogP contribution in [0.5, 0.6) is 69.0 Å². The number of phenols is 4. The van der Waals surface area contributed by atoms with Crippen LogP contribution in [0.3, 0.4) is 0 Å². The number of aromatic hydroxyl groups is 4. The zero-order valence-corrected chi connectivity index (χ0v) is 75.2. The number of unbranched alkanes of at least 4 members (excludes halogenated alkanes) is 4. The van der Waals surface area contributed by atoms with Crippen LogP contribution in [0.2, 0.25) is 10.0 Å². The van der Waals surface area contributed by atoms with Crippen molar-refractivity contribution in [2.75, 3.05) is 19.8 Å². The fraction of sp³-hybridized carbons (Fsp3) is 0.435. The molecule has 7 aromatic carbocycles. The van der Waals surface area contributed by atoms with Gasteiger partial charge in [0.1, 0.15) is 150 Å². The van der Waals surface area contributed by atoms with E-state index >= 15 is 24.0 Å². The molecular formula is C92H104Cl2N10O33. The van der Waals surface area contributed by atoms with E-state index in [9.17, 15) is 95.5 Å². The summed E-state index contributed by atoms with van der Waals surface area (Å²) in [6.07, 6.45) is -25.9. The van der Waals surface area contributed by atoms with Gasteiger partial charge in [0.05, 0.1) is 23.3 Å². The molecule has 734 valence electrons. The molecule has 16 rings (SSSR count). The molecule has 7 aromatic rings. The molecule has 0 aromatic heterocycles. The molecule has 9 heterocycles. The first-order chi connectivity index (χ1) is 65.3. The molecule has 45 heteroatoms. The molecule has 137 heavy (non-hydrogen) atoms. The van der Waals surface area contributed by atoms with Gasteiger partial charge in [-0.2, -0.15) is 0 Å². The molecule has 0 aliphatic carbocycles. The van der Waals surface area contributed by atoms with Gasteiger partial charge in [0, 0.05) is 55.1 Å². The minimum Gasteiger partial charge on any atom is -0.508 e. The van der Waals surface area contributed by atoms with Crippen LogP contribution in [0, 0.1) is 5.92 Å². The highest BCUT2D eigenvalue weighted by atomic mass is 35.5. The number of aliphatic carboxylic acids is 1. The van der Waals surface area contributed by atoms with E-state index in [1.54, 1.807) is 0 Å². The molecule has 0 radical (unpaired) electrons. The number of hydrogen-bond acceptors (Lipinski definition) is 33. The number of carbonyl (C=O) groups excluding carboxylic acids is 9. The summed E-state index contributed by atoms with van der Waals surface area (Å²) < 4.78 is 57.9. The first kappa shape index (κ1) is 100. The van der Waals surface area contributed by atoms with Crippen molar-refractivity contribution >= 4 is 82.3 Å². The third-order valence-electron chi connectivity index (χ3n) is 24.2. The number of nitrogens with two attached hydrogens (primary N) is 1. The molecule has 23 atom stereocenters. The van der Waals surface area contributed by atoms with Crippen molar-refractivity contribution in [3.05, 3.63) is 164 Å². The van der Waals surface area contributed by atoms with E-state index in [0.29, 0.717) is 31.6 Å². The predicted octanol–water partition coefficient (Wildman–Crippen LogP) is 1.94. The van der Waals surface area contributed by atoms with Gasteiger partial charge in [0.2, 0.25) is 65.6 Å². The van der Waals surface area contributed by atoms with Crippen LogP contribution in [-0.2, 0) is 73.3 Å². The molecule has 17 bridgehead atoms. The molecule has 0 spiro atoms. The standard InChI is InChI=1S/C92H104Cl2N10O33/c1-5-6-21-96-88(126)81-77(118)75(116)70(99-62(112)12-10-8-7-9-11-36(2)3)91(137-81)136-80-58-29-43-30-59(80)131-55-20-16-41(27-50(55)94)79(135-90-69(97-37(4)107)74(115)72(113)60(34-105)133-90)71-87(125)103-68(89(127)128)48-32-45(109)33-57(132-92-78(119)76(117)73(114)61(35-106)134-92)63(48)47-26-40(15-17-52(47)110)65(84(122)104-71)101-86(124)67(43)102-85(123)66-42-24-44(108)31-46(25-42)129-56-28-39(14-18-53(56)111)64(95)83(121)98-51(82(120)100-66)23-38-13-19-54(130-58)49(93)22-38/h13-20,22,24-33,36,51,60-61,64-79,81,90-92,105-106,108-111,113-119H,5-12,21,23,34-35,95H2,1-4H3,(H,96,126)(H,97,107)(H,98,121)(H,99,112)(H,100,120)(H,101,124)(H,102,123)(H,103,125)(H,104,122)(H,127,128)/t51-,60-,61-,64-,65-,66+,67-,68+,69-,70-,71+,72-,73-,74-,75-,76+,77+,78+,79-,81+,90+,91-,92+/m1/s1. The molecule has 3 saturated heterocycles. The maximum atomic E-state index is 17.1. The lowest BCUT2D eigenvalue weighted by Gasteiger charge is -2.44. The molecule has 25 N–H and O–H groups in total. The number of aliphatic hydroxyl groups excluding tert-OH is 9. The summed E-state index contributed by atoms with van der Waals surface area (Å²) in [5.41, 5.74) is 2.73. The molecule has 43 nitrogen and oxygen atoms in total. The van der Waals surface area contributed by atoms with E-state index in [1.165, 1.54) is 30.3 Å². The highest BCUT2D eigenvalue weighted by Crippen LogP contribution is 2.51. The van der Waals surface area contributed by atoms with Crippen LogP contribution in [-0.4, -0.2) is 254 Å². The van der Waals surface area contributed by atoms with E-state index < -0.39 is 315 Å². The predicted molar refractivity (Wildman–Crippen MR) is 474 cm³/mol. The Labute approximate surface area is 790 Å². The Bertz CT molecular complexity index is 5740. The van der Waals surface area contributed by atoms with Crippen LogP contribution in [0.15, 0.2) is 115 Å². The lowest BCUT2D eigenvalue weighted by Crippen LogP contribution is -2.67. The number of benzene rings is 7. The van der Waals surface area contributed by atoms with E-state index in [4.69, 9.17) is 71.6 Å². The Morgan fingerprint density at radius 1 is 0.526 bits per heavy atom. The average Bonchev–Trinajstić information content (AvgIpc) is 0.758. The summed E-state index contributed by atoms with van der Waals surface area (Å²) >= 11 is 14.8. The quantitative estimate of drug-likeness (QED) is 0.0431. The summed E-state index contributed by atoms with van der Waals surface area (Å²) in [6.45, 7) is 4.82. The maximum absolute atomic E-state index is 17.1. The zero-order chi connectivity index (χ0) is 98.6. The second kappa shape index (κ2) is 43.0. The number of carbonyl (C=O) groups is 10. The minimum absolute atomic E-state index is 0.0212. The van der Waals surface area contributed by atoms with E-state index in [1.807, 2.05) is 6.92 Å². The Morgan fingerprint density at radius 2 is 1.12 bits per heavy atom. The van der Waals surface area contributed by atoms with Crippen molar-refractivity contribution in [1.82, 2.24) is 47.9 Å². The lowest BCUT2D eigenvalue weighted by atomic mass is 9.89. The Hall–Kier alpha value is -12.5. The molecule has 9 aliphatic heterocycles. The van der Waals surface area contributed by atoms with Crippen molar-refractivity contribution in [3.8, 4) is 80.1 Å². The van der Waals surface area contributed by atoms with Crippen LogP contribution < -0.4 is 77.3 Å². The number of ether oxygens (including phenoxy) is 9. The smallest absolute Gasteiger partial charge is 0.330 e. The van der Waals surface area contributed by atoms with E-state index in [0.717, 1.165) is 111 Å². The second-order valence-corrected chi connectivity index (χ2v) is 35.3. The van der Waals surface area contributed by atoms with Gasteiger partial charge in [-0.05, 0) is 131 Å². The number of rotatable bonds is 22. The summed E-state index contributed by atoms with van der Waals surface area (Å²) in [7, 11) is 0. The third-order valence-corrected chi connectivity index (χ3v) is 24.8. The van der Waals surface area contributed by atoms with Crippen LogP contribution in [0.1, 0.15) is 154 Å². The molecule has 9 aliphatic rings. The monoisotopic (exact) mass is 1950 g/mol. The highest BCUT2D eigenvalue weighted by molar-refractivity contribution is 6.32. The second-order valence-electron chi connectivity index (χ2n) is 34.5. The van der Waals surface area contributed by atoms with Gasteiger partial charge in [-0.1, -0.05) is 100 Å². The molecular weight excluding hydrogens is 1840 g/mol. The van der Waals surface area contributed by atoms with E-state index in [2.05, 4.69) is 61.7 Å². The van der Waals surface area contributed by atoms with Crippen LogP contribution in [0.4, 0.5) is 0 Å². The maximum Gasteiger partial charge on any atom is 0.330 e. The Balaban J connectivity index is 1.05.